The predicted octanol–water partition coefficient (Wildman–Crippen LogP) is 2.71. The Morgan fingerprint density at radius 3 is 2.62 bits per heavy atom. The molecule has 1 aliphatic rings. The Bertz CT molecular complexity index is 647. The van der Waals surface area contributed by atoms with Gasteiger partial charge in [-0.15, -0.1) is 0 Å². The first kappa shape index (κ1) is 20.3. The van der Waals surface area contributed by atoms with Crippen LogP contribution in [0.25, 0.3) is 0 Å². The second-order valence-electron chi connectivity index (χ2n) is 6.09. The van der Waals surface area contributed by atoms with Gasteiger partial charge in [-0.1, -0.05) is 11.6 Å². The molecule has 1 heterocycles. The molecule has 1 fully saturated rings. The molecule has 1 aliphatic heterocycles. The number of ether oxygens (including phenoxy) is 3. The molecule has 1 N–H and O–H groups in total. The van der Waals surface area contributed by atoms with E-state index in [4.69, 9.17) is 25.8 Å². The number of hydrogen-bond donors (Lipinski definition) is 1. The van der Waals surface area contributed by atoms with Crippen molar-refractivity contribution in [3.05, 3.63) is 17.2 Å². The van der Waals surface area contributed by atoms with Crippen LogP contribution >= 0.6 is 11.6 Å². The van der Waals surface area contributed by atoms with Gasteiger partial charge in [-0.2, -0.15) is 0 Å². The second kappa shape index (κ2) is 9.64. The zero-order chi connectivity index (χ0) is 19.1. The number of halogens is 1. The summed E-state index contributed by atoms with van der Waals surface area (Å²) < 4.78 is 16.0. The van der Waals surface area contributed by atoms with Gasteiger partial charge in [0.15, 0.2) is 0 Å². The third-order valence-corrected chi connectivity index (χ3v) is 4.55. The van der Waals surface area contributed by atoms with E-state index in [1.165, 1.54) is 21.1 Å². The fraction of sp³-hybridized carbons (Fsp3) is 0.556. The van der Waals surface area contributed by atoms with Crippen LogP contribution in [0, 0.1) is 0 Å². The molecule has 8 heteroatoms. The van der Waals surface area contributed by atoms with E-state index in [1.54, 1.807) is 17.0 Å². The maximum absolute atomic E-state index is 12.3. The summed E-state index contributed by atoms with van der Waals surface area (Å²) in [6, 6.07) is 3.18. The highest BCUT2D eigenvalue weighted by molar-refractivity contribution is 6.32. The number of hydrogen-bond acceptors (Lipinski definition) is 5. The number of carbonyl (C=O) groups is 2. The smallest absolute Gasteiger partial charge is 0.226 e. The first-order valence-corrected chi connectivity index (χ1v) is 8.91. The predicted molar refractivity (Wildman–Crippen MR) is 99.0 cm³/mol. The second-order valence-corrected chi connectivity index (χ2v) is 6.49. The SMILES string of the molecule is COc1cc(NC(=O)CCN(CC2CCCO2)C(C)=O)c(OC)cc1Cl. The van der Waals surface area contributed by atoms with Gasteiger partial charge in [0.2, 0.25) is 11.8 Å². The van der Waals surface area contributed by atoms with Crippen LogP contribution in [0.2, 0.25) is 5.02 Å². The summed E-state index contributed by atoms with van der Waals surface area (Å²) in [4.78, 5) is 25.8. The molecule has 0 saturated carbocycles. The highest BCUT2D eigenvalue weighted by Crippen LogP contribution is 2.35. The van der Waals surface area contributed by atoms with Crippen LogP contribution < -0.4 is 14.8 Å². The summed E-state index contributed by atoms with van der Waals surface area (Å²) in [7, 11) is 2.99. The van der Waals surface area contributed by atoms with Gasteiger partial charge in [0.05, 0.1) is 31.0 Å². The molecule has 0 radical (unpaired) electrons. The Morgan fingerprint density at radius 1 is 1.31 bits per heavy atom. The fourth-order valence-corrected chi connectivity index (χ4v) is 3.05. The van der Waals surface area contributed by atoms with E-state index in [9.17, 15) is 9.59 Å². The van der Waals surface area contributed by atoms with E-state index < -0.39 is 0 Å². The molecule has 0 spiro atoms. The van der Waals surface area contributed by atoms with Crippen molar-refractivity contribution in [3.63, 3.8) is 0 Å². The Labute approximate surface area is 158 Å². The summed E-state index contributed by atoms with van der Waals surface area (Å²) in [6.45, 7) is 3.07. The lowest BCUT2D eigenvalue weighted by atomic mass is 10.2. The van der Waals surface area contributed by atoms with E-state index in [1.807, 2.05) is 0 Å². The van der Waals surface area contributed by atoms with Gasteiger partial charge in [-0.25, -0.2) is 0 Å². The van der Waals surface area contributed by atoms with Crippen molar-refractivity contribution in [2.75, 3.05) is 39.2 Å². The molecule has 0 bridgehead atoms. The lowest BCUT2D eigenvalue weighted by Crippen LogP contribution is -2.37. The van der Waals surface area contributed by atoms with Crippen LogP contribution in [0.1, 0.15) is 26.2 Å². The number of nitrogens with zero attached hydrogens (tertiary/aromatic N) is 1. The molecule has 1 unspecified atom stereocenters. The van der Waals surface area contributed by atoms with Crippen LogP contribution in [-0.4, -0.2) is 56.7 Å². The molecular formula is C18H25ClN2O5. The largest absolute Gasteiger partial charge is 0.495 e. The summed E-state index contributed by atoms with van der Waals surface area (Å²) in [6.07, 6.45) is 2.18. The van der Waals surface area contributed by atoms with Crippen molar-refractivity contribution in [2.24, 2.45) is 0 Å². The molecule has 1 saturated heterocycles. The van der Waals surface area contributed by atoms with E-state index >= 15 is 0 Å². The Kier molecular flexibility index (Phi) is 7.53. The van der Waals surface area contributed by atoms with Crippen LogP contribution in [0.3, 0.4) is 0 Å². The molecule has 2 rings (SSSR count). The van der Waals surface area contributed by atoms with Crippen molar-refractivity contribution < 1.29 is 23.8 Å². The van der Waals surface area contributed by atoms with Crippen molar-refractivity contribution in [1.82, 2.24) is 4.90 Å². The number of carbonyl (C=O) groups excluding carboxylic acids is 2. The third-order valence-electron chi connectivity index (χ3n) is 4.25. The third kappa shape index (κ3) is 5.51. The zero-order valence-electron chi connectivity index (χ0n) is 15.3. The van der Waals surface area contributed by atoms with Gasteiger partial charge in [-0.3, -0.25) is 9.59 Å². The van der Waals surface area contributed by atoms with Gasteiger partial charge >= 0.3 is 0 Å². The minimum Gasteiger partial charge on any atom is -0.495 e. The van der Waals surface area contributed by atoms with Gasteiger partial charge in [0, 0.05) is 45.2 Å². The minimum absolute atomic E-state index is 0.0579. The van der Waals surface area contributed by atoms with Gasteiger partial charge < -0.3 is 24.4 Å². The van der Waals surface area contributed by atoms with Gasteiger partial charge in [0.25, 0.3) is 0 Å². The zero-order valence-corrected chi connectivity index (χ0v) is 16.1. The average Bonchev–Trinajstić information content (AvgIpc) is 3.12. The van der Waals surface area contributed by atoms with E-state index in [2.05, 4.69) is 5.32 Å². The van der Waals surface area contributed by atoms with Crippen LogP contribution in [0.15, 0.2) is 12.1 Å². The Morgan fingerprint density at radius 2 is 2.04 bits per heavy atom. The summed E-state index contributed by atoms with van der Waals surface area (Å²) in [5.74, 6) is 0.573. The summed E-state index contributed by atoms with van der Waals surface area (Å²) in [5, 5.41) is 3.17. The number of nitrogens with one attached hydrogen (secondary N) is 1. The van der Waals surface area contributed by atoms with Gasteiger partial charge in [-0.05, 0) is 12.8 Å². The topological polar surface area (TPSA) is 77.1 Å². The maximum Gasteiger partial charge on any atom is 0.226 e. The highest BCUT2D eigenvalue weighted by atomic mass is 35.5. The standard InChI is InChI=1S/C18H25ClN2O5/c1-12(22)21(11-13-5-4-8-26-13)7-6-18(23)20-15-10-16(24-2)14(19)9-17(15)25-3/h9-10,13H,4-8,11H2,1-3H3,(H,20,23). The Hall–Kier alpha value is -1.99. The molecule has 1 atom stereocenters. The molecule has 7 nitrogen and oxygen atoms in total. The normalized spacial score (nSPS) is 16.2. The monoisotopic (exact) mass is 384 g/mol. The van der Waals surface area contributed by atoms with Crippen LogP contribution in [0.4, 0.5) is 5.69 Å². The highest BCUT2D eigenvalue weighted by Gasteiger charge is 2.21. The van der Waals surface area contributed by atoms with Crippen molar-refractivity contribution >= 4 is 29.1 Å². The molecule has 0 aromatic heterocycles. The minimum atomic E-state index is -0.230. The number of methoxy groups -OCH3 is 2. The van der Waals surface area contributed by atoms with Crippen molar-refractivity contribution in [1.29, 1.82) is 0 Å². The summed E-state index contributed by atoms with van der Waals surface area (Å²) in [5.41, 5.74) is 0.465. The number of benzene rings is 1. The van der Waals surface area contributed by atoms with E-state index in [0.717, 1.165) is 19.4 Å². The lowest BCUT2D eigenvalue weighted by Gasteiger charge is -2.24. The average molecular weight is 385 g/mol. The summed E-state index contributed by atoms with van der Waals surface area (Å²) >= 11 is 6.06. The van der Waals surface area contributed by atoms with Crippen molar-refractivity contribution in [3.8, 4) is 11.5 Å². The Balaban J connectivity index is 1.95. The molecule has 1 aromatic carbocycles. The maximum atomic E-state index is 12.3. The number of anilines is 1. The molecule has 144 valence electrons. The first-order valence-electron chi connectivity index (χ1n) is 8.53. The quantitative estimate of drug-likeness (QED) is 0.745. The van der Waals surface area contributed by atoms with E-state index in [-0.39, 0.29) is 24.3 Å². The molecule has 2 amide bonds. The molecule has 26 heavy (non-hydrogen) atoms. The molecule has 0 aliphatic carbocycles. The van der Waals surface area contributed by atoms with Crippen LogP contribution in [-0.2, 0) is 14.3 Å². The van der Waals surface area contributed by atoms with Crippen molar-refractivity contribution in [2.45, 2.75) is 32.3 Å². The van der Waals surface area contributed by atoms with E-state index in [0.29, 0.717) is 35.3 Å². The number of rotatable bonds is 8. The molecule has 1 aromatic rings. The molecular weight excluding hydrogens is 360 g/mol. The fourth-order valence-electron chi connectivity index (χ4n) is 2.82. The lowest BCUT2D eigenvalue weighted by molar-refractivity contribution is -0.130. The first-order chi connectivity index (χ1) is 12.4. The number of amides is 2. The van der Waals surface area contributed by atoms with Gasteiger partial charge in [0.1, 0.15) is 11.5 Å². The van der Waals surface area contributed by atoms with Crippen LogP contribution in [0.5, 0.6) is 11.5 Å².